The quantitative estimate of drug-likeness (QED) is 0.192. The number of morpholine rings is 1. The third kappa shape index (κ3) is 9.82. The molecular weight excluding hydrogens is 886 g/mol. The third-order valence-electron chi connectivity index (χ3n) is 14.2. The molecule has 4 aliphatic heterocycles. The van der Waals surface area contributed by atoms with Crippen LogP contribution in [0.15, 0.2) is 30.4 Å². The van der Waals surface area contributed by atoms with Gasteiger partial charge in [0.1, 0.15) is 29.0 Å². The van der Waals surface area contributed by atoms with Gasteiger partial charge < -0.3 is 29.5 Å². The van der Waals surface area contributed by atoms with Crippen molar-refractivity contribution in [3.05, 3.63) is 41.6 Å². The number of sulfonamides is 1. The Morgan fingerprint density at radius 2 is 1.86 bits per heavy atom. The third-order valence-corrected chi connectivity index (χ3v) is 16.4. The van der Waals surface area contributed by atoms with E-state index in [0.29, 0.717) is 69.5 Å². The number of hydrogen-bond acceptors (Lipinski definition) is 11. The molecule has 0 unspecified atom stereocenters. The summed E-state index contributed by atoms with van der Waals surface area (Å²) in [6.07, 6.45) is 1.17. The molecule has 16 nitrogen and oxygen atoms in total. The van der Waals surface area contributed by atoms with E-state index in [1.54, 1.807) is 18.2 Å². The molecule has 362 valence electrons. The Labute approximate surface area is 383 Å². The minimum atomic E-state index is -4.96. The molecule has 1 aromatic carbocycles. The van der Waals surface area contributed by atoms with E-state index in [4.69, 9.17) is 14.2 Å². The molecule has 5 heterocycles. The lowest BCUT2D eigenvalue weighted by Gasteiger charge is -2.38. The van der Waals surface area contributed by atoms with Gasteiger partial charge in [-0.3, -0.25) is 28.9 Å². The van der Waals surface area contributed by atoms with E-state index in [-0.39, 0.29) is 62.2 Å². The lowest BCUT2D eigenvalue weighted by atomic mass is 9.87. The Morgan fingerprint density at radius 1 is 1.11 bits per heavy atom. The number of benzene rings is 1. The van der Waals surface area contributed by atoms with Crippen LogP contribution in [0.2, 0.25) is 0 Å². The second-order valence-corrected chi connectivity index (χ2v) is 21.8. The average molecular weight is 947 g/mol. The van der Waals surface area contributed by atoms with Crippen LogP contribution in [0.4, 0.5) is 18.0 Å². The van der Waals surface area contributed by atoms with Crippen molar-refractivity contribution in [2.45, 2.75) is 132 Å². The summed E-state index contributed by atoms with van der Waals surface area (Å²) in [5, 5.41) is 13.7. The first-order valence-electron chi connectivity index (χ1n) is 23.3. The number of rotatable bonds is 11. The van der Waals surface area contributed by atoms with E-state index in [9.17, 15) is 27.9 Å². The Kier molecular flexibility index (Phi) is 13.3. The van der Waals surface area contributed by atoms with Crippen molar-refractivity contribution in [1.29, 1.82) is 0 Å². The highest BCUT2D eigenvalue weighted by molar-refractivity contribution is 7.91. The normalized spacial score (nSPS) is 28.5. The minimum Gasteiger partial charge on any atom is -0.494 e. The molecule has 2 saturated carbocycles. The number of carboxylic acid groups (broad SMARTS) is 1. The number of ether oxygens (including phenoxy) is 3. The standard InChI is InChI=1S/C46H61F3N6O10S/c1-29(2)27-54(42(59)60)35-11-8-6-4-5-7-10-30-25-45(30,41(58)52-66(61,62)43(3)16-17-43)51-39(56)36-26-44(28-55(36)40(35)57)15-14-32-33-24-31(64-21-9-18-53-19-22-63-23-20-53)12-13-34(33)50-38(37(32)65-44)46(47,48)49/h7,10,12-13,24,29-30,35-36H,4-6,8-9,11,14-23,25-28H2,1-3H3,(H,51,56)(H,52,58)(H,59,60)/b10-7-/t30-,35+,36+,44-,45-/m1/s1. The highest BCUT2D eigenvalue weighted by Gasteiger charge is 2.64. The predicted octanol–water partition coefficient (Wildman–Crippen LogP) is 5.42. The van der Waals surface area contributed by atoms with Crippen LogP contribution in [0.3, 0.4) is 0 Å². The molecule has 1 aromatic heterocycles. The maximum atomic E-state index is 15.1. The highest BCUT2D eigenvalue weighted by Crippen LogP contribution is 2.51. The van der Waals surface area contributed by atoms with Crippen LogP contribution in [-0.4, -0.2) is 138 Å². The zero-order valence-electron chi connectivity index (χ0n) is 37.8. The molecule has 0 bridgehead atoms. The molecule has 66 heavy (non-hydrogen) atoms. The number of carbonyl (C=O) groups is 4. The van der Waals surface area contributed by atoms with Crippen LogP contribution in [0.1, 0.15) is 103 Å². The summed E-state index contributed by atoms with van der Waals surface area (Å²) < 4.78 is 90.8. The molecule has 8 rings (SSSR count). The molecule has 0 radical (unpaired) electrons. The number of alkyl halides is 3. The zero-order chi connectivity index (χ0) is 47.2. The summed E-state index contributed by atoms with van der Waals surface area (Å²) in [5.74, 6) is -3.30. The van der Waals surface area contributed by atoms with Crippen LogP contribution >= 0.6 is 0 Å². The molecule has 3 N–H and O–H groups in total. The first-order chi connectivity index (χ1) is 31.2. The molecule has 2 aliphatic carbocycles. The lowest BCUT2D eigenvalue weighted by Crippen LogP contribution is -2.59. The predicted molar refractivity (Wildman–Crippen MR) is 235 cm³/mol. The summed E-state index contributed by atoms with van der Waals surface area (Å²) in [6.45, 7) is 8.96. The van der Waals surface area contributed by atoms with E-state index in [0.717, 1.165) is 31.0 Å². The number of amides is 4. The first-order valence-corrected chi connectivity index (χ1v) is 24.7. The van der Waals surface area contributed by atoms with Gasteiger partial charge in [0.2, 0.25) is 21.8 Å². The molecule has 2 aromatic rings. The lowest BCUT2D eigenvalue weighted by molar-refractivity contribution is -0.145. The van der Waals surface area contributed by atoms with Crippen LogP contribution in [0.25, 0.3) is 10.9 Å². The Bertz CT molecular complexity index is 2360. The molecule has 2 saturated heterocycles. The van der Waals surface area contributed by atoms with Gasteiger partial charge in [0.25, 0.3) is 5.91 Å². The number of nitrogens with zero attached hydrogens (tertiary/aromatic N) is 4. The van der Waals surface area contributed by atoms with Crippen LogP contribution in [-0.2, 0) is 41.7 Å². The number of aromatic nitrogens is 1. The van der Waals surface area contributed by atoms with Gasteiger partial charge in [0.15, 0.2) is 11.4 Å². The fraction of sp³-hybridized carbons (Fsp3) is 0.674. The van der Waals surface area contributed by atoms with E-state index in [1.165, 1.54) is 17.9 Å². The smallest absolute Gasteiger partial charge is 0.437 e. The van der Waals surface area contributed by atoms with Gasteiger partial charge >= 0.3 is 12.3 Å². The van der Waals surface area contributed by atoms with Crippen molar-refractivity contribution >= 4 is 44.7 Å². The van der Waals surface area contributed by atoms with Gasteiger partial charge in [-0.15, -0.1) is 0 Å². The second kappa shape index (κ2) is 18.4. The number of halogens is 3. The summed E-state index contributed by atoms with van der Waals surface area (Å²) in [5.41, 5.74) is -4.19. The van der Waals surface area contributed by atoms with Crippen molar-refractivity contribution in [3.8, 4) is 11.5 Å². The Balaban J connectivity index is 1.13. The zero-order valence-corrected chi connectivity index (χ0v) is 38.6. The maximum absolute atomic E-state index is 15.1. The van der Waals surface area contributed by atoms with Crippen molar-refractivity contribution in [1.82, 2.24) is 29.7 Å². The van der Waals surface area contributed by atoms with Crippen molar-refractivity contribution in [2.75, 3.05) is 52.5 Å². The van der Waals surface area contributed by atoms with E-state index < -0.39 is 85.3 Å². The number of allylic oxidation sites excluding steroid dienone is 1. The molecule has 4 fully saturated rings. The summed E-state index contributed by atoms with van der Waals surface area (Å²) in [6, 6.07) is 2.04. The van der Waals surface area contributed by atoms with Gasteiger partial charge in [-0.2, -0.15) is 13.2 Å². The second-order valence-electron chi connectivity index (χ2n) is 19.6. The van der Waals surface area contributed by atoms with Gasteiger partial charge in [0.05, 0.1) is 36.6 Å². The molecular formula is C46H61F3N6O10S. The summed E-state index contributed by atoms with van der Waals surface area (Å²) in [4.78, 5) is 65.4. The van der Waals surface area contributed by atoms with Crippen molar-refractivity contribution in [2.24, 2.45) is 11.8 Å². The average Bonchev–Trinajstić information content (AvgIpc) is 4.16. The summed E-state index contributed by atoms with van der Waals surface area (Å²) in [7, 11) is -4.12. The number of pyridine rings is 1. The van der Waals surface area contributed by atoms with E-state index in [1.807, 2.05) is 19.9 Å². The van der Waals surface area contributed by atoms with Crippen molar-refractivity contribution < 1.29 is 60.1 Å². The monoisotopic (exact) mass is 946 g/mol. The Morgan fingerprint density at radius 3 is 2.56 bits per heavy atom. The molecule has 20 heteroatoms. The van der Waals surface area contributed by atoms with Gasteiger partial charge in [-0.25, -0.2) is 18.2 Å². The first kappa shape index (κ1) is 47.8. The number of hydrogen-bond donors (Lipinski definition) is 3. The maximum Gasteiger partial charge on any atom is 0.437 e. The van der Waals surface area contributed by atoms with Crippen LogP contribution in [0, 0.1) is 11.8 Å². The van der Waals surface area contributed by atoms with Crippen molar-refractivity contribution in [3.63, 3.8) is 0 Å². The topological polar surface area (TPSA) is 197 Å². The van der Waals surface area contributed by atoms with Gasteiger partial charge in [-0.05, 0) is 88.8 Å². The van der Waals surface area contributed by atoms with E-state index in [2.05, 4.69) is 19.9 Å². The highest BCUT2D eigenvalue weighted by atomic mass is 32.2. The molecule has 6 aliphatic rings. The van der Waals surface area contributed by atoms with Crippen LogP contribution < -0.4 is 19.5 Å². The van der Waals surface area contributed by atoms with E-state index >= 15 is 18.0 Å². The number of carbonyl (C=O) groups excluding carboxylic acids is 3. The van der Waals surface area contributed by atoms with Gasteiger partial charge in [0, 0.05) is 49.5 Å². The molecule has 1 spiro atoms. The molecule has 4 amide bonds. The number of fused-ring (bicyclic) bond motifs is 5. The summed E-state index contributed by atoms with van der Waals surface area (Å²) >= 11 is 0. The SMILES string of the molecule is CC(C)CN(C(=O)O)[C@H]1CCCCC/C=C\[C@@H]2C[C@@]2(C(=O)NS(=O)(=O)C2(C)CC2)NC(=O)[C@@H]2C[C@]3(CCc4c(c(C(F)(F)F)nc5ccc(OCCCN6CCOCC6)cc45)O3)CN2C1=O. The molecule has 5 atom stereocenters. The Hall–Kier alpha value is -4.69. The number of aryl methyl sites for hydroxylation is 1. The number of nitrogens with one attached hydrogen (secondary N) is 2. The fourth-order valence-electron chi connectivity index (χ4n) is 9.96. The largest absolute Gasteiger partial charge is 0.494 e. The van der Waals surface area contributed by atoms with Crippen LogP contribution in [0.5, 0.6) is 11.5 Å². The minimum absolute atomic E-state index is 0.000182. The van der Waals surface area contributed by atoms with Gasteiger partial charge in [-0.1, -0.05) is 38.8 Å². The fourth-order valence-corrected chi connectivity index (χ4v) is 11.3.